The molecule has 17 heavy (non-hydrogen) atoms. The fourth-order valence-corrected chi connectivity index (χ4v) is 2.04. The van der Waals surface area contributed by atoms with Gasteiger partial charge in [-0.25, -0.2) is 0 Å². The first-order valence-corrected chi connectivity index (χ1v) is 6.48. The van der Waals surface area contributed by atoms with E-state index in [-0.39, 0.29) is 11.8 Å². The standard InChI is InChI=1S/C13H18BrNO2/c1-9(2)11(13(16)17)8-15-7-10-5-3-4-6-12(10)14/h3-6,9,11,15H,7-8H2,1-2H3,(H,16,17). The van der Waals surface area contributed by atoms with Crippen LogP contribution in [0.1, 0.15) is 19.4 Å². The van der Waals surface area contributed by atoms with Crippen LogP contribution in [0.3, 0.4) is 0 Å². The molecule has 0 aliphatic heterocycles. The van der Waals surface area contributed by atoms with Crippen LogP contribution in [0, 0.1) is 11.8 Å². The smallest absolute Gasteiger partial charge is 0.308 e. The Morgan fingerprint density at radius 2 is 2.06 bits per heavy atom. The molecule has 0 radical (unpaired) electrons. The molecule has 0 aliphatic rings. The summed E-state index contributed by atoms with van der Waals surface area (Å²) in [6, 6.07) is 7.93. The molecule has 0 saturated heterocycles. The Bertz CT molecular complexity index is 379. The van der Waals surface area contributed by atoms with Gasteiger partial charge in [-0.05, 0) is 17.5 Å². The number of carboxylic acids is 1. The van der Waals surface area contributed by atoms with Crippen LogP contribution in [0.25, 0.3) is 0 Å². The van der Waals surface area contributed by atoms with Crippen molar-refractivity contribution in [3.05, 3.63) is 34.3 Å². The minimum absolute atomic E-state index is 0.138. The molecule has 4 heteroatoms. The SMILES string of the molecule is CC(C)C(CNCc1ccccc1Br)C(=O)O. The van der Waals surface area contributed by atoms with Crippen LogP contribution in [-0.2, 0) is 11.3 Å². The van der Waals surface area contributed by atoms with E-state index in [0.717, 1.165) is 10.0 Å². The molecule has 1 aromatic carbocycles. The van der Waals surface area contributed by atoms with Crippen LogP contribution >= 0.6 is 15.9 Å². The van der Waals surface area contributed by atoms with Gasteiger partial charge in [-0.1, -0.05) is 48.0 Å². The largest absolute Gasteiger partial charge is 0.481 e. The lowest BCUT2D eigenvalue weighted by atomic mass is 9.96. The summed E-state index contributed by atoms with van der Waals surface area (Å²) in [7, 11) is 0. The lowest BCUT2D eigenvalue weighted by molar-refractivity contribution is -0.143. The van der Waals surface area contributed by atoms with Crippen molar-refractivity contribution in [2.24, 2.45) is 11.8 Å². The maximum absolute atomic E-state index is 11.0. The molecule has 1 aromatic rings. The third-order valence-electron chi connectivity index (χ3n) is 2.76. The molecule has 94 valence electrons. The molecule has 0 aliphatic carbocycles. The first-order valence-electron chi connectivity index (χ1n) is 5.69. The first kappa shape index (κ1) is 14.2. The van der Waals surface area contributed by atoms with E-state index in [0.29, 0.717) is 13.1 Å². The summed E-state index contributed by atoms with van der Waals surface area (Å²) in [5.41, 5.74) is 1.14. The van der Waals surface area contributed by atoms with Crippen molar-refractivity contribution >= 4 is 21.9 Å². The van der Waals surface area contributed by atoms with Gasteiger partial charge in [0.1, 0.15) is 0 Å². The zero-order valence-electron chi connectivity index (χ0n) is 10.1. The first-order chi connectivity index (χ1) is 8.02. The number of halogens is 1. The van der Waals surface area contributed by atoms with E-state index in [1.807, 2.05) is 38.1 Å². The number of carbonyl (C=O) groups is 1. The highest BCUT2D eigenvalue weighted by Gasteiger charge is 2.20. The summed E-state index contributed by atoms with van der Waals surface area (Å²) in [6.07, 6.45) is 0. The number of benzene rings is 1. The lowest BCUT2D eigenvalue weighted by Gasteiger charge is -2.17. The number of hydrogen-bond acceptors (Lipinski definition) is 2. The molecule has 0 aromatic heterocycles. The molecule has 0 amide bonds. The van der Waals surface area contributed by atoms with Crippen molar-refractivity contribution in [2.45, 2.75) is 20.4 Å². The van der Waals surface area contributed by atoms with Crippen LogP contribution in [-0.4, -0.2) is 17.6 Å². The topological polar surface area (TPSA) is 49.3 Å². The average molecular weight is 300 g/mol. The molecule has 0 saturated carbocycles. The molecular weight excluding hydrogens is 282 g/mol. The van der Waals surface area contributed by atoms with Gasteiger partial charge in [-0.15, -0.1) is 0 Å². The van der Waals surface area contributed by atoms with Gasteiger partial charge in [-0.2, -0.15) is 0 Å². The van der Waals surface area contributed by atoms with Crippen molar-refractivity contribution in [2.75, 3.05) is 6.54 Å². The zero-order valence-corrected chi connectivity index (χ0v) is 11.7. The van der Waals surface area contributed by atoms with Gasteiger partial charge >= 0.3 is 5.97 Å². The van der Waals surface area contributed by atoms with Gasteiger partial charge in [0, 0.05) is 17.6 Å². The molecule has 2 N–H and O–H groups in total. The van der Waals surface area contributed by atoms with Crippen LogP contribution in [0.2, 0.25) is 0 Å². The van der Waals surface area contributed by atoms with E-state index < -0.39 is 5.97 Å². The molecular formula is C13H18BrNO2. The van der Waals surface area contributed by atoms with E-state index >= 15 is 0 Å². The highest BCUT2D eigenvalue weighted by atomic mass is 79.9. The van der Waals surface area contributed by atoms with E-state index in [9.17, 15) is 4.79 Å². The Kier molecular flexibility index (Phi) is 5.65. The van der Waals surface area contributed by atoms with E-state index in [1.165, 1.54) is 0 Å². The zero-order chi connectivity index (χ0) is 12.8. The number of rotatable bonds is 6. The molecule has 0 bridgehead atoms. The van der Waals surface area contributed by atoms with E-state index in [1.54, 1.807) is 0 Å². The fraction of sp³-hybridized carbons (Fsp3) is 0.462. The molecule has 0 spiro atoms. The summed E-state index contributed by atoms with van der Waals surface area (Å²) in [5, 5.41) is 12.2. The Balaban J connectivity index is 2.47. The minimum atomic E-state index is -0.736. The average Bonchev–Trinajstić information content (AvgIpc) is 2.25. The summed E-state index contributed by atoms with van der Waals surface area (Å²) < 4.78 is 1.05. The van der Waals surface area contributed by atoms with Crippen molar-refractivity contribution in [3.63, 3.8) is 0 Å². The van der Waals surface area contributed by atoms with Gasteiger partial charge < -0.3 is 10.4 Å². The van der Waals surface area contributed by atoms with Gasteiger partial charge in [0.25, 0.3) is 0 Å². The third-order valence-corrected chi connectivity index (χ3v) is 3.53. The third kappa shape index (κ3) is 4.48. The Morgan fingerprint density at radius 3 is 2.59 bits per heavy atom. The predicted octanol–water partition coefficient (Wildman–Crippen LogP) is 2.90. The number of hydrogen-bond donors (Lipinski definition) is 2. The predicted molar refractivity (Wildman–Crippen MR) is 71.8 cm³/mol. The normalized spacial score (nSPS) is 12.7. The highest BCUT2D eigenvalue weighted by Crippen LogP contribution is 2.16. The number of aliphatic carboxylic acids is 1. The summed E-state index contributed by atoms with van der Waals surface area (Å²) >= 11 is 3.47. The molecule has 0 heterocycles. The molecule has 0 fully saturated rings. The summed E-state index contributed by atoms with van der Waals surface area (Å²) in [4.78, 5) is 11.0. The molecule has 3 nitrogen and oxygen atoms in total. The van der Waals surface area contributed by atoms with Gasteiger partial charge in [0.05, 0.1) is 5.92 Å². The Labute approximate surface area is 110 Å². The van der Waals surface area contributed by atoms with Gasteiger partial charge in [-0.3, -0.25) is 4.79 Å². The van der Waals surface area contributed by atoms with Gasteiger partial charge in [0.2, 0.25) is 0 Å². The quantitative estimate of drug-likeness (QED) is 0.849. The second-order valence-electron chi connectivity index (χ2n) is 4.41. The molecule has 1 rings (SSSR count). The van der Waals surface area contributed by atoms with Crippen LogP contribution in [0.4, 0.5) is 0 Å². The fourth-order valence-electron chi connectivity index (χ4n) is 1.61. The molecule has 1 atom stereocenters. The van der Waals surface area contributed by atoms with Crippen LogP contribution in [0.15, 0.2) is 28.7 Å². The number of nitrogens with one attached hydrogen (secondary N) is 1. The maximum atomic E-state index is 11.0. The maximum Gasteiger partial charge on any atom is 0.308 e. The van der Waals surface area contributed by atoms with Gasteiger partial charge in [0.15, 0.2) is 0 Å². The second kappa shape index (κ2) is 6.77. The van der Waals surface area contributed by atoms with Crippen molar-refractivity contribution in [1.29, 1.82) is 0 Å². The Morgan fingerprint density at radius 1 is 1.41 bits per heavy atom. The van der Waals surface area contributed by atoms with E-state index in [4.69, 9.17) is 5.11 Å². The minimum Gasteiger partial charge on any atom is -0.481 e. The Hall–Kier alpha value is -0.870. The van der Waals surface area contributed by atoms with Crippen LogP contribution < -0.4 is 5.32 Å². The monoisotopic (exact) mass is 299 g/mol. The summed E-state index contributed by atoms with van der Waals surface area (Å²) in [5.74, 6) is -0.934. The summed E-state index contributed by atoms with van der Waals surface area (Å²) in [6.45, 7) is 5.03. The van der Waals surface area contributed by atoms with Crippen molar-refractivity contribution < 1.29 is 9.90 Å². The lowest BCUT2D eigenvalue weighted by Crippen LogP contribution is -2.31. The van der Waals surface area contributed by atoms with Crippen molar-refractivity contribution in [1.82, 2.24) is 5.32 Å². The number of carboxylic acid groups (broad SMARTS) is 1. The van der Waals surface area contributed by atoms with Crippen LogP contribution in [0.5, 0.6) is 0 Å². The second-order valence-corrected chi connectivity index (χ2v) is 5.27. The van der Waals surface area contributed by atoms with Crippen molar-refractivity contribution in [3.8, 4) is 0 Å². The molecule has 1 unspecified atom stereocenters. The van der Waals surface area contributed by atoms with E-state index in [2.05, 4.69) is 21.2 Å². The highest BCUT2D eigenvalue weighted by molar-refractivity contribution is 9.10.